The number of pyridine rings is 2. The zero-order valence-electron chi connectivity index (χ0n) is 15.7. The minimum Gasteiger partial charge on any atom is -0.496 e. The maximum atomic E-state index is 5.41. The third-order valence-electron chi connectivity index (χ3n) is 4.56. The fraction of sp³-hybridized carbons (Fsp3) is 0.0833. The fourth-order valence-corrected chi connectivity index (χ4v) is 3.12. The van der Waals surface area contributed by atoms with Crippen LogP contribution in [-0.2, 0) is 6.54 Å². The standard InChI is InChI=1S/C24H21N3O/c1-28-23-10-3-2-7-20(23)17-26-24-14-13-21-19(8-4-9-22(21)27-24)12-11-18-6-5-15-25-16-18/h2-16H,17H2,1H3,(H,26,27)/b12-11+. The van der Waals surface area contributed by atoms with E-state index in [0.29, 0.717) is 6.54 Å². The minimum absolute atomic E-state index is 0.656. The van der Waals surface area contributed by atoms with Crippen molar-refractivity contribution in [2.45, 2.75) is 6.54 Å². The van der Waals surface area contributed by atoms with E-state index in [2.05, 4.69) is 34.6 Å². The predicted molar refractivity (Wildman–Crippen MR) is 115 cm³/mol. The Morgan fingerprint density at radius 2 is 1.86 bits per heavy atom. The summed E-state index contributed by atoms with van der Waals surface area (Å²) in [5, 5.41) is 4.50. The lowest BCUT2D eigenvalue weighted by Gasteiger charge is -2.11. The molecule has 4 aromatic rings. The first-order valence-corrected chi connectivity index (χ1v) is 9.17. The number of ether oxygens (including phenoxy) is 1. The van der Waals surface area contributed by atoms with Gasteiger partial charge in [0.05, 0.1) is 12.6 Å². The van der Waals surface area contributed by atoms with Gasteiger partial charge in [0.25, 0.3) is 0 Å². The minimum atomic E-state index is 0.656. The molecule has 0 aliphatic rings. The SMILES string of the molecule is COc1ccccc1CNc1ccc2c(/C=C/c3cccnc3)cccc2n1. The Morgan fingerprint density at radius 1 is 0.929 bits per heavy atom. The molecule has 4 heteroatoms. The van der Waals surface area contributed by atoms with Crippen molar-refractivity contribution in [3.63, 3.8) is 0 Å². The Hall–Kier alpha value is -3.66. The lowest BCUT2D eigenvalue weighted by molar-refractivity contribution is 0.410. The van der Waals surface area contributed by atoms with Gasteiger partial charge in [-0.15, -0.1) is 0 Å². The molecule has 138 valence electrons. The van der Waals surface area contributed by atoms with Gasteiger partial charge in [-0.3, -0.25) is 4.98 Å². The predicted octanol–water partition coefficient (Wildman–Crippen LogP) is 5.42. The van der Waals surface area contributed by atoms with Crippen molar-refractivity contribution in [2.24, 2.45) is 0 Å². The average molecular weight is 367 g/mol. The van der Waals surface area contributed by atoms with Crippen molar-refractivity contribution in [3.05, 3.63) is 95.8 Å². The summed E-state index contributed by atoms with van der Waals surface area (Å²) in [4.78, 5) is 8.91. The number of anilines is 1. The van der Waals surface area contributed by atoms with Crippen molar-refractivity contribution >= 4 is 28.9 Å². The number of hydrogen-bond acceptors (Lipinski definition) is 4. The molecular weight excluding hydrogens is 346 g/mol. The van der Waals surface area contributed by atoms with E-state index in [4.69, 9.17) is 9.72 Å². The molecule has 0 amide bonds. The molecule has 4 nitrogen and oxygen atoms in total. The van der Waals surface area contributed by atoms with Crippen molar-refractivity contribution in [3.8, 4) is 5.75 Å². The Balaban J connectivity index is 1.56. The summed E-state index contributed by atoms with van der Waals surface area (Å²) in [6.07, 6.45) is 7.79. The van der Waals surface area contributed by atoms with Crippen LogP contribution in [0.25, 0.3) is 23.1 Å². The highest BCUT2D eigenvalue weighted by atomic mass is 16.5. The van der Waals surface area contributed by atoms with E-state index < -0.39 is 0 Å². The second-order valence-corrected chi connectivity index (χ2v) is 6.40. The van der Waals surface area contributed by atoms with Gasteiger partial charge in [0.2, 0.25) is 0 Å². The molecule has 0 radical (unpaired) electrons. The van der Waals surface area contributed by atoms with Gasteiger partial charge in [-0.05, 0) is 41.5 Å². The molecule has 0 bridgehead atoms. The first-order chi connectivity index (χ1) is 13.8. The molecule has 0 aliphatic carbocycles. The molecule has 2 heterocycles. The van der Waals surface area contributed by atoms with Crippen molar-refractivity contribution in [2.75, 3.05) is 12.4 Å². The quantitative estimate of drug-likeness (QED) is 0.494. The third-order valence-corrected chi connectivity index (χ3v) is 4.56. The van der Waals surface area contributed by atoms with Gasteiger partial charge in [0.15, 0.2) is 0 Å². The van der Waals surface area contributed by atoms with Gasteiger partial charge >= 0.3 is 0 Å². The van der Waals surface area contributed by atoms with Crippen molar-refractivity contribution in [1.82, 2.24) is 9.97 Å². The first-order valence-electron chi connectivity index (χ1n) is 9.17. The van der Waals surface area contributed by atoms with E-state index in [0.717, 1.165) is 39.2 Å². The van der Waals surface area contributed by atoms with Crippen LogP contribution in [0.15, 0.2) is 79.1 Å². The second kappa shape index (κ2) is 8.35. The zero-order chi connectivity index (χ0) is 19.2. The number of rotatable bonds is 6. The van der Waals surface area contributed by atoms with E-state index in [9.17, 15) is 0 Å². The third kappa shape index (κ3) is 4.01. The Morgan fingerprint density at radius 3 is 2.71 bits per heavy atom. The number of aromatic nitrogens is 2. The number of nitrogens with zero attached hydrogens (tertiary/aromatic N) is 2. The molecule has 4 rings (SSSR count). The Kier molecular flexibility index (Phi) is 5.29. The number of hydrogen-bond donors (Lipinski definition) is 1. The maximum Gasteiger partial charge on any atom is 0.126 e. The lowest BCUT2D eigenvalue weighted by atomic mass is 10.1. The number of para-hydroxylation sites is 1. The molecule has 0 fully saturated rings. The van der Waals surface area contributed by atoms with Crippen LogP contribution < -0.4 is 10.1 Å². The number of methoxy groups -OCH3 is 1. The first kappa shape index (κ1) is 17.7. The maximum absolute atomic E-state index is 5.41. The van der Waals surface area contributed by atoms with E-state index >= 15 is 0 Å². The number of fused-ring (bicyclic) bond motifs is 1. The van der Waals surface area contributed by atoms with E-state index in [1.807, 2.05) is 60.8 Å². The zero-order valence-corrected chi connectivity index (χ0v) is 15.7. The molecule has 1 N–H and O–H groups in total. The monoisotopic (exact) mass is 367 g/mol. The largest absolute Gasteiger partial charge is 0.496 e. The Labute approximate surface area is 164 Å². The van der Waals surface area contributed by atoms with E-state index in [-0.39, 0.29) is 0 Å². The summed E-state index contributed by atoms with van der Waals surface area (Å²) in [6, 6.07) is 22.2. The van der Waals surface area contributed by atoms with Gasteiger partial charge < -0.3 is 10.1 Å². The molecule has 0 spiro atoms. The van der Waals surface area contributed by atoms with E-state index in [1.54, 1.807) is 13.3 Å². The second-order valence-electron chi connectivity index (χ2n) is 6.40. The number of nitrogens with one attached hydrogen (secondary N) is 1. The van der Waals surface area contributed by atoms with Gasteiger partial charge in [0.1, 0.15) is 11.6 Å². The summed E-state index contributed by atoms with van der Waals surface area (Å²) in [5.41, 5.74) is 4.26. The molecule has 2 aromatic carbocycles. The lowest BCUT2D eigenvalue weighted by Crippen LogP contribution is -2.03. The summed E-state index contributed by atoms with van der Waals surface area (Å²) < 4.78 is 5.41. The van der Waals surface area contributed by atoms with Gasteiger partial charge in [-0.1, -0.05) is 48.6 Å². The van der Waals surface area contributed by atoms with Crippen LogP contribution in [0.3, 0.4) is 0 Å². The number of benzene rings is 2. The van der Waals surface area contributed by atoms with Gasteiger partial charge in [0, 0.05) is 29.9 Å². The summed E-state index contributed by atoms with van der Waals surface area (Å²) in [6.45, 7) is 0.656. The average Bonchev–Trinajstić information content (AvgIpc) is 2.77. The molecule has 0 aliphatic heterocycles. The van der Waals surface area contributed by atoms with Crippen LogP contribution in [0.4, 0.5) is 5.82 Å². The molecule has 2 aromatic heterocycles. The topological polar surface area (TPSA) is 47.0 Å². The molecular formula is C24H21N3O. The summed E-state index contributed by atoms with van der Waals surface area (Å²) in [5.74, 6) is 1.71. The van der Waals surface area contributed by atoms with Crippen LogP contribution in [0, 0.1) is 0 Å². The van der Waals surface area contributed by atoms with Crippen LogP contribution in [0.1, 0.15) is 16.7 Å². The van der Waals surface area contributed by atoms with Crippen LogP contribution in [0.5, 0.6) is 5.75 Å². The van der Waals surface area contributed by atoms with Crippen LogP contribution in [0.2, 0.25) is 0 Å². The molecule has 28 heavy (non-hydrogen) atoms. The highest BCUT2D eigenvalue weighted by molar-refractivity contribution is 5.91. The highest BCUT2D eigenvalue weighted by Crippen LogP contribution is 2.23. The van der Waals surface area contributed by atoms with Gasteiger partial charge in [-0.2, -0.15) is 0 Å². The van der Waals surface area contributed by atoms with Crippen molar-refractivity contribution < 1.29 is 4.74 Å². The van der Waals surface area contributed by atoms with Gasteiger partial charge in [-0.25, -0.2) is 4.98 Å². The fourth-order valence-electron chi connectivity index (χ4n) is 3.12. The van der Waals surface area contributed by atoms with Crippen molar-refractivity contribution in [1.29, 1.82) is 0 Å². The summed E-state index contributed by atoms with van der Waals surface area (Å²) in [7, 11) is 1.69. The van der Waals surface area contributed by atoms with Crippen LogP contribution >= 0.6 is 0 Å². The smallest absolute Gasteiger partial charge is 0.126 e. The normalized spacial score (nSPS) is 11.0. The molecule has 0 saturated heterocycles. The Bertz CT molecular complexity index is 1110. The molecule has 0 saturated carbocycles. The van der Waals surface area contributed by atoms with Crippen LogP contribution in [-0.4, -0.2) is 17.1 Å². The molecule has 0 atom stereocenters. The van der Waals surface area contributed by atoms with E-state index in [1.165, 1.54) is 0 Å². The highest BCUT2D eigenvalue weighted by Gasteiger charge is 2.04. The molecule has 0 unspecified atom stereocenters. The summed E-state index contributed by atoms with van der Waals surface area (Å²) >= 11 is 0.